The molecule has 4 rings (SSSR count). The number of nitrogens with one attached hydrogen (secondary N) is 1. The number of rotatable bonds is 9. The standard InChI is InChI=1S/C28H27ClN2O7/c1-4-38-28(35)24-21(15-37-14-13-31-25(32)19-7-5-6-8-20(19)26(31)33)30-16(2)22(27(34)36-3)23(24)17-9-11-18(29)12-10-17/h5-12,23,30H,4,13-15H2,1-3H3. The molecular weight excluding hydrogens is 512 g/mol. The van der Waals surface area contributed by atoms with E-state index >= 15 is 0 Å². The maximum absolute atomic E-state index is 13.2. The van der Waals surface area contributed by atoms with Gasteiger partial charge in [-0.05, 0) is 43.7 Å². The predicted molar refractivity (Wildman–Crippen MR) is 138 cm³/mol. The number of imide groups is 1. The van der Waals surface area contributed by atoms with Gasteiger partial charge in [-0.1, -0.05) is 35.9 Å². The van der Waals surface area contributed by atoms with Crippen molar-refractivity contribution in [2.24, 2.45) is 0 Å². The Balaban J connectivity index is 1.59. The zero-order valence-electron chi connectivity index (χ0n) is 21.2. The molecule has 0 saturated heterocycles. The molecular formula is C28H27ClN2O7. The van der Waals surface area contributed by atoms with Crippen LogP contribution in [0.4, 0.5) is 0 Å². The molecule has 0 radical (unpaired) electrons. The van der Waals surface area contributed by atoms with Crippen LogP contribution in [0.15, 0.2) is 71.1 Å². The Kier molecular flexibility index (Phi) is 8.29. The van der Waals surface area contributed by atoms with Crippen molar-refractivity contribution in [3.05, 3.63) is 92.8 Å². The van der Waals surface area contributed by atoms with Crippen molar-refractivity contribution in [3.8, 4) is 0 Å². The molecule has 38 heavy (non-hydrogen) atoms. The smallest absolute Gasteiger partial charge is 0.336 e. The number of dihydropyridines is 1. The molecule has 198 valence electrons. The Morgan fingerprint density at radius 3 is 2.18 bits per heavy atom. The summed E-state index contributed by atoms with van der Waals surface area (Å²) in [6.45, 7) is 3.53. The van der Waals surface area contributed by atoms with Crippen LogP contribution in [-0.4, -0.2) is 62.1 Å². The monoisotopic (exact) mass is 538 g/mol. The van der Waals surface area contributed by atoms with Crippen molar-refractivity contribution in [2.75, 3.05) is 33.5 Å². The predicted octanol–water partition coefficient (Wildman–Crippen LogP) is 3.60. The molecule has 1 N–H and O–H groups in total. The average molecular weight is 539 g/mol. The fraction of sp³-hybridized carbons (Fsp3) is 0.286. The average Bonchev–Trinajstić information content (AvgIpc) is 3.15. The Bertz CT molecular complexity index is 1310. The first-order valence-corrected chi connectivity index (χ1v) is 12.4. The lowest BCUT2D eigenvalue weighted by Crippen LogP contribution is -2.36. The highest BCUT2D eigenvalue weighted by Gasteiger charge is 2.39. The van der Waals surface area contributed by atoms with Gasteiger partial charge in [-0.15, -0.1) is 0 Å². The molecule has 2 aromatic rings. The van der Waals surface area contributed by atoms with Crippen molar-refractivity contribution in [3.63, 3.8) is 0 Å². The molecule has 0 aliphatic carbocycles. The number of amides is 2. The number of carbonyl (C=O) groups is 4. The molecule has 9 nitrogen and oxygen atoms in total. The summed E-state index contributed by atoms with van der Waals surface area (Å²) in [5, 5.41) is 3.60. The highest BCUT2D eigenvalue weighted by molar-refractivity contribution is 6.30. The van der Waals surface area contributed by atoms with Gasteiger partial charge in [0.25, 0.3) is 11.8 Å². The number of esters is 2. The number of methoxy groups -OCH3 is 1. The molecule has 2 aliphatic rings. The van der Waals surface area contributed by atoms with Crippen LogP contribution in [-0.2, 0) is 23.8 Å². The Hall–Kier alpha value is -3.95. The number of hydrogen-bond acceptors (Lipinski definition) is 8. The number of halogens is 1. The van der Waals surface area contributed by atoms with Gasteiger partial charge in [0, 0.05) is 10.7 Å². The summed E-state index contributed by atoms with van der Waals surface area (Å²) >= 11 is 6.08. The first-order valence-electron chi connectivity index (χ1n) is 12.0. The Morgan fingerprint density at radius 2 is 1.61 bits per heavy atom. The van der Waals surface area contributed by atoms with Gasteiger partial charge in [-0.3, -0.25) is 14.5 Å². The van der Waals surface area contributed by atoms with Crippen molar-refractivity contribution in [1.82, 2.24) is 10.2 Å². The SMILES string of the molecule is CCOC(=O)C1=C(COCCN2C(=O)c3ccccc3C2=O)NC(C)=C(C(=O)OC)C1c1ccc(Cl)cc1. The summed E-state index contributed by atoms with van der Waals surface area (Å²) in [6.07, 6.45) is 0. The van der Waals surface area contributed by atoms with E-state index in [0.717, 1.165) is 4.90 Å². The summed E-state index contributed by atoms with van der Waals surface area (Å²) in [5.41, 5.74) is 2.71. The van der Waals surface area contributed by atoms with Crippen molar-refractivity contribution in [1.29, 1.82) is 0 Å². The van der Waals surface area contributed by atoms with Gasteiger partial charge in [0.15, 0.2) is 0 Å². The van der Waals surface area contributed by atoms with E-state index in [0.29, 0.717) is 33.1 Å². The number of nitrogens with zero attached hydrogens (tertiary/aromatic N) is 1. The fourth-order valence-electron chi connectivity index (χ4n) is 4.60. The van der Waals surface area contributed by atoms with E-state index in [4.69, 9.17) is 25.8 Å². The zero-order valence-corrected chi connectivity index (χ0v) is 22.0. The molecule has 0 bridgehead atoms. The molecule has 0 saturated carbocycles. The maximum atomic E-state index is 13.2. The van der Waals surface area contributed by atoms with Gasteiger partial charge < -0.3 is 19.5 Å². The molecule has 0 fully saturated rings. The zero-order chi connectivity index (χ0) is 27.4. The van der Waals surface area contributed by atoms with Crippen LogP contribution in [0.5, 0.6) is 0 Å². The minimum Gasteiger partial charge on any atom is -0.466 e. The number of ether oxygens (including phenoxy) is 3. The second-order valence-corrected chi connectivity index (χ2v) is 9.05. The van der Waals surface area contributed by atoms with Crippen LogP contribution >= 0.6 is 11.6 Å². The topological polar surface area (TPSA) is 111 Å². The number of benzene rings is 2. The summed E-state index contributed by atoms with van der Waals surface area (Å²) in [4.78, 5) is 52.4. The molecule has 2 aliphatic heterocycles. The third-order valence-corrected chi connectivity index (χ3v) is 6.58. The first-order chi connectivity index (χ1) is 18.3. The fourth-order valence-corrected chi connectivity index (χ4v) is 4.73. The normalized spacial score (nSPS) is 16.9. The largest absolute Gasteiger partial charge is 0.466 e. The first kappa shape index (κ1) is 27.1. The molecule has 2 aromatic carbocycles. The second kappa shape index (κ2) is 11.6. The summed E-state index contributed by atoms with van der Waals surface area (Å²) in [7, 11) is 1.27. The molecule has 1 atom stereocenters. The number of hydrogen-bond donors (Lipinski definition) is 1. The lowest BCUT2D eigenvalue weighted by atomic mass is 9.80. The van der Waals surface area contributed by atoms with Crippen LogP contribution in [0.25, 0.3) is 0 Å². The quantitative estimate of drug-likeness (QED) is 0.293. The van der Waals surface area contributed by atoms with E-state index in [-0.39, 0.29) is 49.3 Å². The molecule has 1 unspecified atom stereocenters. The highest BCUT2D eigenvalue weighted by Crippen LogP contribution is 2.39. The lowest BCUT2D eigenvalue weighted by Gasteiger charge is -2.31. The molecule has 2 heterocycles. The minimum absolute atomic E-state index is 0.0327. The maximum Gasteiger partial charge on any atom is 0.336 e. The molecule has 0 aromatic heterocycles. The minimum atomic E-state index is -0.796. The van der Waals surface area contributed by atoms with E-state index in [1.165, 1.54) is 7.11 Å². The number of fused-ring (bicyclic) bond motifs is 1. The van der Waals surface area contributed by atoms with Gasteiger partial charge in [-0.2, -0.15) is 0 Å². The molecule has 2 amide bonds. The van der Waals surface area contributed by atoms with E-state index in [2.05, 4.69) is 5.32 Å². The Morgan fingerprint density at radius 1 is 0.974 bits per heavy atom. The van der Waals surface area contributed by atoms with Crippen LogP contribution in [0.1, 0.15) is 46.0 Å². The van der Waals surface area contributed by atoms with E-state index in [1.807, 2.05) is 0 Å². The van der Waals surface area contributed by atoms with Gasteiger partial charge in [0.1, 0.15) is 0 Å². The van der Waals surface area contributed by atoms with Crippen molar-refractivity contribution >= 4 is 35.4 Å². The van der Waals surface area contributed by atoms with E-state index < -0.39 is 17.9 Å². The third-order valence-electron chi connectivity index (χ3n) is 6.33. The summed E-state index contributed by atoms with van der Waals surface area (Å²) in [5.74, 6) is -2.76. The second-order valence-electron chi connectivity index (χ2n) is 8.61. The van der Waals surface area contributed by atoms with Crippen LogP contribution in [0.2, 0.25) is 5.02 Å². The van der Waals surface area contributed by atoms with Crippen LogP contribution in [0.3, 0.4) is 0 Å². The summed E-state index contributed by atoms with van der Waals surface area (Å²) in [6, 6.07) is 13.4. The molecule has 10 heteroatoms. The van der Waals surface area contributed by atoms with Crippen LogP contribution < -0.4 is 5.32 Å². The van der Waals surface area contributed by atoms with E-state index in [9.17, 15) is 19.2 Å². The number of allylic oxidation sites excluding steroid dienone is 1. The highest BCUT2D eigenvalue weighted by atomic mass is 35.5. The van der Waals surface area contributed by atoms with Gasteiger partial charge in [-0.25, -0.2) is 9.59 Å². The van der Waals surface area contributed by atoms with Gasteiger partial charge in [0.2, 0.25) is 0 Å². The van der Waals surface area contributed by atoms with Gasteiger partial charge in [0.05, 0.1) is 67.4 Å². The Labute approximate surface area is 225 Å². The summed E-state index contributed by atoms with van der Waals surface area (Å²) < 4.78 is 16.2. The van der Waals surface area contributed by atoms with Crippen molar-refractivity contribution < 1.29 is 33.4 Å². The van der Waals surface area contributed by atoms with Crippen LogP contribution in [0, 0.1) is 0 Å². The third kappa shape index (κ3) is 5.20. The van der Waals surface area contributed by atoms with Crippen molar-refractivity contribution in [2.45, 2.75) is 19.8 Å². The van der Waals surface area contributed by atoms with E-state index in [1.54, 1.807) is 62.4 Å². The lowest BCUT2D eigenvalue weighted by molar-refractivity contribution is -0.139. The number of carbonyl (C=O) groups excluding carboxylic acids is 4. The van der Waals surface area contributed by atoms with Gasteiger partial charge >= 0.3 is 11.9 Å². The molecule has 0 spiro atoms.